The predicted molar refractivity (Wildman–Crippen MR) is 116 cm³/mol. The summed E-state index contributed by atoms with van der Waals surface area (Å²) >= 11 is 1.33. The molecule has 6 nitrogen and oxygen atoms in total. The SMILES string of the molecule is COc1ccc(CCNC(=O)C[C@@H]2SC(=NCCc3ccccc3)NC2=O)cc1. The van der Waals surface area contributed by atoms with Crippen LogP contribution in [0.1, 0.15) is 17.5 Å². The van der Waals surface area contributed by atoms with E-state index < -0.39 is 5.25 Å². The van der Waals surface area contributed by atoms with Crippen LogP contribution < -0.4 is 15.4 Å². The molecule has 2 amide bonds. The Kier molecular flexibility index (Phi) is 7.69. The number of hydrogen-bond acceptors (Lipinski definition) is 5. The van der Waals surface area contributed by atoms with Crippen molar-refractivity contribution < 1.29 is 14.3 Å². The van der Waals surface area contributed by atoms with Crippen molar-refractivity contribution in [2.45, 2.75) is 24.5 Å². The first kappa shape index (κ1) is 20.9. The number of benzene rings is 2. The second-order valence-electron chi connectivity index (χ2n) is 6.67. The number of carbonyl (C=O) groups excluding carboxylic acids is 2. The van der Waals surface area contributed by atoms with E-state index in [1.807, 2.05) is 42.5 Å². The molecule has 3 rings (SSSR count). The summed E-state index contributed by atoms with van der Waals surface area (Å²) in [5.74, 6) is 0.527. The zero-order valence-corrected chi connectivity index (χ0v) is 17.2. The Labute approximate surface area is 175 Å². The van der Waals surface area contributed by atoms with Gasteiger partial charge in [-0.1, -0.05) is 54.2 Å². The van der Waals surface area contributed by atoms with Crippen LogP contribution in [0.15, 0.2) is 59.6 Å². The molecule has 0 aromatic heterocycles. The summed E-state index contributed by atoms with van der Waals surface area (Å²) in [5, 5.41) is 5.83. The van der Waals surface area contributed by atoms with Crippen LogP contribution in [0.25, 0.3) is 0 Å². The molecular weight excluding hydrogens is 386 g/mol. The topological polar surface area (TPSA) is 79.8 Å². The molecule has 29 heavy (non-hydrogen) atoms. The van der Waals surface area contributed by atoms with Gasteiger partial charge in [-0.15, -0.1) is 0 Å². The molecule has 1 fully saturated rings. The molecule has 0 radical (unpaired) electrons. The maximum atomic E-state index is 12.2. The van der Waals surface area contributed by atoms with Gasteiger partial charge in [0.15, 0.2) is 5.17 Å². The van der Waals surface area contributed by atoms with Gasteiger partial charge in [-0.05, 0) is 36.1 Å². The molecule has 2 aromatic rings. The average Bonchev–Trinajstić information content (AvgIpc) is 3.08. The number of nitrogens with one attached hydrogen (secondary N) is 2. The minimum atomic E-state index is -0.425. The number of amides is 2. The zero-order chi connectivity index (χ0) is 20.5. The lowest BCUT2D eigenvalue weighted by atomic mass is 10.1. The lowest BCUT2D eigenvalue weighted by Crippen LogP contribution is -2.32. The molecule has 2 N–H and O–H groups in total. The van der Waals surface area contributed by atoms with Crippen molar-refractivity contribution in [1.82, 2.24) is 10.6 Å². The van der Waals surface area contributed by atoms with E-state index in [2.05, 4.69) is 27.8 Å². The maximum absolute atomic E-state index is 12.2. The Morgan fingerprint density at radius 1 is 1.10 bits per heavy atom. The lowest BCUT2D eigenvalue weighted by Gasteiger charge is -2.08. The first-order valence-electron chi connectivity index (χ1n) is 9.59. The van der Waals surface area contributed by atoms with Gasteiger partial charge in [0.1, 0.15) is 11.0 Å². The van der Waals surface area contributed by atoms with Gasteiger partial charge in [-0.2, -0.15) is 0 Å². The van der Waals surface area contributed by atoms with Gasteiger partial charge in [0.2, 0.25) is 11.8 Å². The Bertz CT molecular complexity index is 853. The van der Waals surface area contributed by atoms with E-state index in [0.29, 0.717) is 18.3 Å². The Morgan fingerprint density at radius 2 is 1.83 bits per heavy atom. The molecule has 1 saturated heterocycles. The first-order chi connectivity index (χ1) is 14.1. The van der Waals surface area contributed by atoms with Crippen molar-refractivity contribution in [3.05, 3.63) is 65.7 Å². The fraction of sp³-hybridized carbons (Fsp3) is 0.318. The highest BCUT2D eigenvalue weighted by molar-refractivity contribution is 8.15. The number of nitrogens with zero attached hydrogens (tertiary/aromatic N) is 1. The monoisotopic (exact) mass is 411 g/mol. The fourth-order valence-electron chi connectivity index (χ4n) is 2.93. The largest absolute Gasteiger partial charge is 0.497 e. The van der Waals surface area contributed by atoms with E-state index >= 15 is 0 Å². The molecule has 1 heterocycles. The van der Waals surface area contributed by atoms with Crippen molar-refractivity contribution in [2.24, 2.45) is 4.99 Å². The summed E-state index contributed by atoms with van der Waals surface area (Å²) < 4.78 is 5.13. The summed E-state index contributed by atoms with van der Waals surface area (Å²) in [5.41, 5.74) is 2.32. The molecule has 0 spiro atoms. The quantitative estimate of drug-likeness (QED) is 0.665. The molecule has 1 atom stereocenters. The molecule has 1 aliphatic heterocycles. The minimum Gasteiger partial charge on any atom is -0.497 e. The van der Waals surface area contributed by atoms with Crippen LogP contribution in [0.4, 0.5) is 0 Å². The highest BCUT2D eigenvalue weighted by Gasteiger charge is 2.31. The number of thioether (sulfide) groups is 1. The van der Waals surface area contributed by atoms with Gasteiger partial charge in [-0.25, -0.2) is 0 Å². The number of rotatable bonds is 9. The average molecular weight is 412 g/mol. The van der Waals surface area contributed by atoms with Gasteiger partial charge in [0.25, 0.3) is 0 Å². The van der Waals surface area contributed by atoms with E-state index in [-0.39, 0.29) is 18.2 Å². The van der Waals surface area contributed by atoms with E-state index in [4.69, 9.17) is 4.74 Å². The van der Waals surface area contributed by atoms with E-state index in [1.165, 1.54) is 17.3 Å². The second kappa shape index (κ2) is 10.7. The van der Waals surface area contributed by atoms with Crippen molar-refractivity contribution in [1.29, 1.82) is 0 Å². The number of hydrogen-bond donors (Lipinski definition) is 2. The van der Waals surface area contributed by atoms with Crippen molar-refractivity contribution in [3.63, 3.8) is 0 Å². The number of amidine groups is 1. The van der Waals surface area contributed by atoms with Crippen LogP contribution in [0.5, 0.6) is 5.75 Å². The summed E-state index contributed by atoms with van der Waals surface area (Å²) in [6, 6.07) is 17.8. The number of ether oxygens (including phenoxy) is 1. The van der Waals surface area contributed by atoms with Gasteiger partial charge in [0.05, 0.1) is 7.11 Å². The predicted octanol–water partition coefficient (Wildman–Crippen LogP) is 2.57. The van der Waals surface area contributed by atoms with Crippen LogP contribution in [0.3, 0.4) is 0 Å². The molecular formula is C22H25N3O3S. The first-order valence-corrected chi connectivity index (χ1v) is 10.5. The van der Waals surface area contributed by atoms with Crippen LogP contribution in [-0.2, 0) is 22.4 Å². The third kappa shape index (κ3) is 6.64. The summed E-state index contributed by atoms with van der Waals surface area (Å²) in [4.78, 5) is 28.7. The van der Waals surface area contributed by atoms with Crippen LogP contribution in [-0.4, -0.2) is 42.4 Å². The Hall–Kier alpha value is -2.80. The Balaban J connectivity index is 1.38. The highest BCUT2D eigenvalue weighted by atomic mass is 32.2. The minimum absolute atomic E-state index is 0.128. The molecule has 0 aliphatic carbocycles. The fourth-order valence-corrected chi connectivity index (χ4v) is 3.92. The van der Waals surface area contributed by atoms with E-state index in [9.17, 15) is 9.59 Å². The number of carbonyl (C=O) groups is 2. The molecule has 152 valence electrons. The molecule has 0 unspecified atom stereocenters. The van der Waals surface area contributed by atoms with Crippen molar-refractivity contribution >= 4 is 28.7 Å². The summed E-state index contributed by atoms with van der Waals surface area (Å²) in [6.07, 6.45) is 1.69. The molecule has 0 saturated carbocycles. The van der Waals surface area contributed by atoms with Gasteiger partial charge in [0, 0.05) is 19.5 Å². The van der Waals surface area contributed by atoms with Gasteiger partial charge in [-0.3, -0.25) is 14.6 Å². The third-order valence-corrected chi connectivity index (χ3v) is 5.66. The Morgan fingerprint density at radius 3 is 2.55 bits per heavy atom. The standard InChI is InChI=1S/C22H25N3O3S/c1-28-18-9-7-17(8-10-18)11-13-23-20(26)15-19-21(27)25-22(29-19)24-14-12-16-5-3-2-4-6-16/h2-10,19H,11-15H2,1H3,(H,23,26)(H,24,25,27)/t19-/m0/s1. The zero-order valence-electron chi connectivity index (χ0n) is 16.4. The third-order valence-electron chi connectivity index (χ3n) is 4.54. The molecule has 1 aliphatic rings. The van der Waals surface area contributed by atoms with Crippen LogP contribution >= 0.6 is 11.8 Å². The molecule has 2 aromatic carbocycles. The lowest BCUT2D eigenvalue weighted by molar-refractivity contribution is -0.125. The van der Waals surface area contributed by atoms with Crippen molar-refractivity contribution in [2.75, 3.05) is 20.2 Å². The normalized spacial score (nSPS) is 17.2. The van der Waals surface area contributed by atoms with E-state index in [0.717, 1.165) is 24.2 Å². The van der Waals surface area contributed by atoms with Gasteiger partial charge < -0.3 is 15.4 Å². The number of methoxy groups -OCH3 is 1. The summed E-state index contributed by atoms with van der Waals surface area (Å²) in [7, 11) is 1.63. The van der Waals surface area contributed by atoms with Crippen LogP contribution in [0, 0.1) is 0 Å². The smallest absolute Gasteiger partial charge is 0.240 e. The van der Waals surface area contributed by atoms with Crippen molar-refractivity contribution in [3.8, 4) is 5.75 Å². The highest BCUT2D eigenvalue weighted by Crippen LogP contribution is 2.22. The van der Waals surface area contributed by atoms with E-state index in [1.54, 1.807) is 7.11 Å². The van der Waals surface area contributed by atoms with Gasteiger partial charge >= 0.3 is 0 Å². The summed E-state index contributed by atoms with van der Waals surface area (Å²) in [6.45, 7) is 1.13. The molecule has 7 heteroatoms. The molecule has 0 bridgehead atoms. The van der Waals surface area contributed by atoms with Crippen LogP contribution in [0.2, 0.25) is 0 Å². The second-order valence-corrected chi connectivity index (χ2v) is 7.86. The maximum Gasteiger partial charge on any atom is 0.240 e. The number of aliphatic imine (C=N–C) groups is 1.